The molecular weight excluding hydrogens is 288 g/mol. The quantitative estimate of drug-likeness (QED) is 0.946. The van der Waals surface area contributed by atoms with Crippen LogP contribution in [0.25, 0.3) is 0 Å². The number of nitrogens with one attached hydrogen (secondary N) is 1. The van der Waals surface area contributed by atoms with Crippen molar-refractivity contribution in [3.05, 3.63) is 59.7 Å². The van der Waals surface area contributed by atoms with E-state index in [1.54, 1.807) is 4.90 Å². The average Bonchev–Trinajstić information content (AvgIpc) is 2.93. The molecule has 1 aliphatic rings. The molecule has 1 heterocycles. The maximum absolute atomic E-state index is 12.4. The van der Waals surface area contributed by atoms with E-state index in [0.717, 1.165) is 22.5 Å². The van der Waals surface area contributed by atoms with E-state index < -0.39 is 0 Å². The van der Waals surface area contributed by atoms with Gasteiger partial charge in [0.1, 0.15) is 0 Å². The average molecular weight is 308 g/mol. The summed E-state index contributed by atoms with van der Waals surface area (Å²) in [7, 11) is 0. The molecule has 1 aliphatic heterocycles. The van der Waals surface area contributed by atoms with Crippen molar-refractivity contribution < 1.29 is 9.59 Å². The third-order valence-electron chi connectivity index (χ3n) is 4.40. The Bertz CT molecular complexity index is 740. The Morgan fingerprint density at radius 3 is 2.57 bits per heavy atom. The minimum Gasteiger partial charge on any atom is -0.326 e. The Balaban J connectivity index is 1.75. The highest BCUT2D eigenvalue weighted by Crippen LogP contribution is 2.29. The van der Waals surface area contributed by atoms with Crippen molar-refractivity contribution in [2.24, 2.45) is 5.92 Å². The zero-order valence-corrected chi connectivity index (χ0v) is 13.4. The topological polar surface area (TPSA) is 49.4 Å². The molecule has 3 rings (SSSR count). The smallest absolute Gasteiger partial charge is 0.229 e. The summed E-state index contributed by atoms with van der Waals surface area (Å²) >= 11 is 0. The molecule has 0 bridgehead atoms. The van der Waals surface area contributed by atoms with E-state index in [9.17, 15) is 9.59 Å². The fraction of sp³-hybridized carbons (Fsp3) is 0.263. The molecule has 4 nitrogen and oxygen atoms in total. The van der Waals surface area contributed by atoms with E-state index in [0.29, 0.717) is 6.54 Å². The van der Waals surface area contributed by atoms with Crippen LogP contribution in [0.2, 0.25) is 0 Å². The van der Waals surface area contributed by atoms with Crippen LogP contribution in [0.3, 0.4) is 0 Å². The summed E-state index contributed by atoms with van der Waals surface area (Å²) < 4.78 is 0. The summed E-state index contributed by atoms with van der Waals surface area (Å²) in [5, 5.41) is 2.88. The van der Waals surface area contributed by atoms with Gasteiger partial charge in [-0.05, 0) is 43.2 Å². The van der Waals surface area contributed by atoms with Gasteiger partial charge in [-0.3, -0.25) is 9.59 Å². The van der Waals surface area contributed by atoms with Crippen molar-refractivity contribution in [1.82, 2.24) is 0 Å². The van der Waals surface area contributed by atoms with Crippen LogP contribution in [0.1, 0.15) is 17.5 Å². The van der Waals surface area contributed by atoms with Gasteiger partial charge in [0.25, 0.3) is 0 Å². The van der Waals surface area contributed by atoms with Gasteiger partial charge < -0.3 is 10.2 Å². The molecule has 0 aliphatic carbocycles. The molecule has 2 amide bonds. The number of para-hydroxylation sites is 1. The molecule has 2 aromatic rings. The number of anilines is 2. The lowest BCUT2D eigenvalue weighted by Gasteiger charge is -2.20. The number of carbonyl (C=O) groups is 2. The first kappa shape index (κ1) is 15.3. The van der Waals surface area contributed by atoms with E-state index in [1.807, 2.05) is 62.4 Å². The van der Waals surface area contributed by atoms with Gasteiger partial charge in [0.15, 0.2) is 0 Å². The number of hydrogen-bond donors (Lipinski definition) is 1. The van der Waals surface area contributed by atoms with Gasteiger partial charge in [-0.2, -0.15) is 0 Å². The van der Waals surface area contributed by atoms with Gasteiger partial charge in [0.2, 0.25) is 11.8 Å². The van der Waals surface area contributed by atoms with Crippen LogP contribution >= 0.6 is 0 Å². The van der Waals surface area contributed by atoms with E-state index in [-0.39, 0.29) is 24.2 Å². The lowest BCUT2D eigenvalue weighted by Crippen LogP contribution is -2.28. The summed E-state index contributed by atoms with van der Waals surface area (Å²) in [6.45, 7) is 4.47. The van der Waals surface area contributed by atoms with Gasteiger partial charge in [0.05, 0.1) is 5.92 Å². The summed E-state index contributed by atoms with van der Waals surface area (Å²) in [6.07, 6.45) is 0.256. The molecule has 1 atom stereocenters. The van der Waals surface area contributed by atoms with Crippen molar-refractivity contribution >= 4 is 23.2 Å². The van der Waals surface area contributed by atoms with Crippen molar-refractivity contribution in [2.75, 3.05) is 16.8 Å². The highest BCUT2D eigenvalue weighted by atomic mass is 16.2. The fourth-order valence-electron chi connectivity index (χ4n) is 2.91. The zero-order valence-electron chi connectivity index (χ0n) is 13.4. The van der Waals surface area contributed by atoms with Crippen LogP contribution in [-0.2, 0) is 9.59 Å². The van der Waals surface area contributed by atoms with Gasteiger partial charge in [-0.15, -0.1) is 0 Å². The van der Waals surface area contributed by atoms with Crippen LogP contribution in [0.15, 0.2) is 48.5 Å². The summed E-state index contributed by atoms with van der Waals surface area (Å²) in [6, 6.07) is 15.2. The van der Waals surface area contributed by atoms with Gasteiger partial charge in [-0.25, -0.2) is 0 Å². The molecule has 0 aromatic heterocycles. The molecule has 0 unspecified atom stereocenters. The number of benzene rings is 2. The normalized spacial score (nSPS) is 17.4. The molecule has 1 N–H and O–H groups in total. The Morgan fingerprint density at radius 2 is 1.83 bits per heavy atom. The predicted octanol–water partition coefficient (Wildman–Crippen LogP) is 3.30. The minimum absolute atomic E-state index is 0.00640. The van der Waals surface area contributed by atoms with Crippen LogP contribution in [-0.4, -0.2) is 18.4 Å². The number of hydrogen-bond acceptors (Lipinski definition) is 2. The SMILES string of the molecule is Cc1cccc(N2C[C@@H](C(=O)Nc3ccccc3)CC2=O)c1C. The number of rotatable bonds is 3. The monoisotopic (exact) mass is 308 g/mol. The molecule has 23 heavy (non-hydrogen) atoms. The van der Waals surface area contributed by atoms with E-state index in [4.69, 9.17) is 0 Å². The lowest BCUT2D eigenvalue weighted by atomic mass is 10.1. The van der Waals surface area contributed by atoms with Crippen LogP contribution in [0.5, 0.6) is 0 Å². The molecule has 0 saturated carbocycles. The largest absolute Gasteiger partial charge is 0.326 e. The molecule has 118 valence electrons. The number of nitrogens with zero attached hydrogens (tertiary/aromatic N) is 1. The molecule has 2 aromatic carbocycles. The Labute approximate surface area is 136 Å². The first-order valence-electron chi connectivity index (χ1n) is 7.79. The highest BCUT2D eigenvalue weighted by Gasteiger charge is 2.35. The number of amides is 2. The van der Waals surface area contributed by atoms with Crippen LogP contribution in [0.4, 0.5) is 11.4 Å². The standard InChI is InChI=1S/C19H20N2O2/c1-13-7-6-10-17(14(13)2)21-12-15(11-18(21)22)19(23)20-16-8-4-3-5-9-16/h3-10,15H,11-12H2,1-2H3,(H,20,23)/t15-/m0/s1. The van der Waals surface area contributed by atoms with Crippen molar-refractivity contribution in [2.45, 2.75) is 20.3 Å². The minimum atomic E-state index is -0.317. The summed E-state index contributed by atoms with van der Waals surface area (Å²) in [5.74, 6) is -0.410. The number of carbonyl (C=O) groups excluding carboxylic acids is 2. The fourth-order valence-corrected chi connectivity index (χ4v) is 2.91. The zero-order chi connectivity index (χ0) is 16.4. The van der Waals surface area contributed by atoms with Gasteiger partial charge in [-0.1, -0.05) is 30.3 Å². The van der Waals surface area contributed by atoms with Crippen molar-refractivity contribution in [1.29, 1.82) is 0 Å². The molecule has 1 fully saturated rings. The maximum Gasteiger partial charge on any atom is 0.229 e. The second-order valence-corrected chi connectivity index (χ2v) is 5.98. The maximum atomic E-state index is 12.4. The Hall–Kier alpha value is -2.62. The molecule has 1 saturated heterocycles. The van der Waals surface area contributed by atoms with E-state index in [1.165, 1.54) is 0 Å². The predicted molar refractivity (Wildman–Crippen MR) is 91.4 cm³/mol. The second kappa shape index (κ2) is 6.24. The van der Waals surface area contributed by atoms with E-state index >= 15 is 0 Å². The van der Waals surface area contributed by atoms with Crippen molar-refractivity contribution in [3.63, 3.8) is 0 Å². The van der Waals surface area contributed by atoms with E-state index in [2.05, 4.69) is 5.32 Å². The third kappa shape index (κ3) is 3.11. The second-order valence-electron chi connectivity index (χ2n) is 5.98. The highest BCUT2D eigenvalue weighted by molar-refractivity contribution is 6.03. The van der Waals surface area contributed by atoms with Crippen LogP contribution in [0, 0.1) is 19.8 Å². The molecule has 0 radical (unpaired) electrons. The molecule has 0 spiro atoms. The summed E-state index contributed by atoms with van der Waals surface area (Å²) in [4.78, 5) is 26.5. The van der Waals surface area contributed by atoms with Gasteiger partial charge >= 0.3 is 0 Å². The first-order chi connectivity index (χ1) is 11.1. The molecular formula is C19H20N2O2. The molecule has 4 heteroatoms. The van der Waals surface area contributed by atoms with Crippen LogP contribution < -0.4 is 10.2 Å². The third-order valence-corrected chi connectivity index (χ3v) is 4.40. The van der Waals surface area contributed by atoms with Crippen molar-refractivity contribution in [3.8, 4) is 0 Å². The van der Waals surface area contributed by atoms with Gasteiger partial charge in [0, 0.05) is 24.3 Å². The Morgan fingerprint density at radius 1 is 1.09 bits per heavy atom. The Kier molecular flexibility index (Phi) is 4.15. The lowest BCUT2D eigenvalue weighted by molar-refractivity contribution is -0.122. The first-order valence-corrected chi connectivity index (χ1v) is 7.79. The number of aryl methyl sites for hydroxylation is 1. The summed E-state index contributed by atoms with van der Waals surface area (Å²) in [5.41, 5.74) is 3.90.